The first-order chi connectivity index (χ1) is 8.70. The van der Waals surface area contributed by atoms with Gasteiger partial charge < -0.3 is 14.7 Å². The van der Waals surface area contributed by atoms with Crippen LogP contribution in [0.1, 0.15) is 30.9 Å². The van der Waals surface area contributed by atoms with Crippen LogP contribution in [-0.2, 0) is 4.79 Å². The van der Waals surface area contributed by atoms with E-state index in [-0.39, 0.29) is 5.91 Å². The first kappa shape index (κ1) is 12.9. The first-order valence-corrected chi connectivity index (χ1v) is 6.30. The summed E-state index contributed by atoms with van der Waals surface area (Å²) in [6.45, 7) is 1.81. The third-order valence-corrected chi connectivity index (χ3v) is 3.17. The number of aliphatic hydroxyl groups is 1. The van der Waals surface area contributed by atoms with Crippen molar-refractivity contribution < 1.29 is 14.6 Å². The molecule has 1 unspecified atom stereocenters. The van der Waals surface area contributed by atoms with Crippen molar-refractivity contribution in [2.75, 3.05) is 20.2 Å². The number of carbonyl (C=O) groups is 1. The minimum Gasteiger partial charge on any atom is -0.497 e. The minimum atomic E-state index is -0.502. The van der Waals surface area contributed by atoms with Gasteiger partial charge in [0.25, 0.3) is 0 Å². The van der Waals surface area contributed by atoms with Crippen LogP contribution in [0.15, 0.2) is 24.3 Å². The molecule has 1 aliphatic rings. The fraction of sp³-hybridized carbons (Fsp3) is 0.500. The zero-order valence-electron chi connectivity index (χ0n) is 10.6. The van der Waals surface area contributed by atoms with E-state index >= 15 is 0 Å². The third kappa shape index (κ3) is 3.47. The molecule has 1 amide bonds. The van der Waals surface area contributed by atoms with Gasteiger partial charge in [0.2, 0.25) is 5.91 Å². The summed E-state index contributed by atoms with van der Waals surface area (Å²) < 4.78 is 5.06. The number of rotatable bonds is 6. The summed E-state index contributed by atoms with van der Waals surface area (Å²) in [5.41, 5.74) is 0.870. The molecule has 0 aliphatic carbocycles. The van der Waals surface area contributed by atoms with E-state index in [1.807, 2.05) is 29.2 Å². The lowest BCUT2D eigenvalue weighted by Crippen LogP contribution is -2.10. The van der Waals surface area contributed by atoms with E-state index in [1.165, 1.54) is 0 Å². The molecule has 18 heavy (non-hydrogen) atoms. The molecule has 4 nitrogen and oxygen atoms in total. The Balaban J connectivity index is 1.75. The van der Waals surface area contributed by atoms with Crippen LogP contribution in [0.2, 0.25) is 0 Å². The third-order valence-electron chi connectivity index (χ3n) is 3.17. The molecule has 98 valence electrons. The molecule has 0 radical (unpaired) electrons. The zero-order chi connectivity index (χ0) is 13.0. The lowest BCUT2D eigenvalue weighted by atomic mass is 10.0. The smallest absolute Gasteiger partial charge is 0.222 e. The van der Waals surface area contributed by atoms with Gasteiger partial charge in [-0.05, 0) is 30.5 Å². The molecule has 4 heteroatoms. The highest BCUT2D eigenvalue weighted by Gasteiger charge is 2.23. The Labute approximate surface area is 107 Å². The average Bonchev–Trinajstić information content (AvgIpc) is 3.23. The van der Waals surface area contributed by atoms with Crippen molar-refractivity contribution in [3.05, 3.63) is 29.8 Å². The number of hydrogen-bond donors (Lipinski definition) is 1. The standard InChI is InChI=1S/C14H19NO3/c1-18-12-7-5-11(6-8-12)13(16)3-2-4-14(17)15-9-10-15/h5-8,13,16H,2-4,9-10H2,1H3. The van der Waals surface area contributed by atoms with Gasteiger partial charge >= 0.3 is 0 Å². The van der Waals surface area contributed by atoms with E-state index in [0.717, 1.165) is 30.8 Å². The van der Waals surface area contributed by atoms with Crippen LogP contribution in [0.5, 0.6) is 5.75 Å². The highest BCUT2D eigenvalue weighted by molar-refractivity contribution is 5.78. The number of nitrogens with zero attached hydrogens (tertiary/aromatic N) is 1. The van der Waals surface area contributed by atoms with Gasteiger partial charge in [0.15, 0.2) is 0 Å². The molecule has 0 aromatic heterocycles. The largest absolute Gasteiger partial charge is 0.497 e. The van der Waals surface area contributed by atoms with E-state index in [0.29, 0.717) is 12.8 Å². The van der Waals surface area contributed by atoms with Crippen molar-refractivity contribution in [1.29, 1.82) is 0 Å². The molecule has 0 spiro atoms. The number of hydrogen-bond acceptors (Lipinski definition) is 3. The molecular formula is C14H19NO3. The van der Waals surface area contributed by atoms with E-state index in [1.54, 1.807) is 7.11 Å². The van der Waals surface area contributed by atoms with Crippen LogP contribution in [-0.4, -0.2) is 36.1 Å². The Morgan fingerprint density at radius 3 is 2.61 bits per heavy atom. The van der Waals surface area contributed by atoms with Crippen LogP contribution >= 0.6 is 0 Å². The number of amides is 1. The van der Waals surface area contributed by atoms with E-state index in [2.05, 4.69) is 0 Å². The zero-order valence-corrected chi connectivity index (χ0v) is 10.6. The second-order valence-electron chi connectivity index (χ2n) is 4.56. The van der Waals surface area contributed by atoms with Crippen molar-refractivity contribution in [2.45, 2.75) is 25.4 Å². The SMILES string of the molecule is COc1ccc(C(O)CCCC(=O)N2CC2)cc1. The van der Waals surface area contributed by atoms with Crippen molar-refractivity contribution in [3.63, 3.8) is 0 Å². The summed E-state index contributed by atoms with van der Waals surface area (Å²) in [7, 11) is 1.62. The van der Waals surface area contributed by atoms with Gasteiger partial charge in [-0.1, -0.05) is 12.1 Å². The van der Waals surface area contributed by atoms with E-state index in [9.17, 15) is 9.90 Å². The monoisotopic (exact) mass is 249 g/mol. The molecule has 0 bridgehead atoms. The van der Waals surface area contributed by atoms with Crippen molar-refractivity contribution in [1.82, 2.24) is 4.90 Å². The van der Waals surface area contributed by atoms with Crippen LogP contribution in [0, 0.1) is 0 Å². The van der Waals surface area contributed by atoms with E-state index in [4.69, 9.17) is 4.74 Å². The molecule has 1 aliphatic heterocycles. The molecule has 1 N–H and O–H groups in total. The number of carbonyl (C=O) groups excluding carboxylic acids is 1. The molecule has 2 rings (SSSR count). The van der Waals surface area contributed by atoms with Gasteiger partial charge in [-0.2, -0.15) is 0 Å². The molecule has 1 aromatic rings. The normalized spacial score (nSPS) is 15.3. The molecule has 1 fully saturated rings. The van der Waals surface area contributed by atoms with Crippen LogP contribution in [0.3, 0.4) is 0 Å². The van der Waals surface area contributed by atoms with Crippen molar-refractivity contribution in [2.24, 2.45) is 0 Å². The first-order valence-electron chi connectivity index (χ1n) is 6.30. The Bertz CT molecular complexity index is 398. The maximum absolute atomic E-state index is 11.4. The number of benzene rings is 1. The van der Waals surface area contributed by atoms with Crippen LogP contribution in [0.25, 0.3) is 0 Å². The molecule has 0 saturated carbocycles. The summed E-state index contributed by atoms with van der Waals surface area (Å²) >= 11 is 0. The maximum atomic E-state index is 11.4. The fourth-order valence-electron chi connectivity index (χ4n) is 1.90. The second kappa shape index (κ2) is 5.87. The number of ether oxygens (including phenoxy) is 1. The summed E-state index contributed by atoms with van der Waals surface area (Å²) in [5.74, 6) is 0.986. The molecule has 1 heterocycles. The predicted molar refractivity (Wildman–Crippen MR) is 68.4 cm³/mol. The number of methoxy groups -OCH3 is 1. The van der Waals surface area contributed by atoms with Crippen LogP contribution < -0.4 is 4.74 Å². The molecular weight excluding hydrogens is 230 g/mol. The Hall–Kier alpha value is -1.55. The lowest BCUT2D eigenvalue weighted by molar-refractivity contribution is -0.125. The van der Waals surface area contributed by atoms with Crippen molar-refractivity contribution in [3.8, 4) is 5.75 Å². The fourth-order valence-corrected chi connectivity index (χ4v) is 1.90. The van der Waals surface area contributed by atoms with Gasteiger partial charge in [-0.25, -0.2) is 0 Å². The molecule has 1 saturated heterocycles. The van der Waals surface area contributed by atoms with Crippen LogP contribution in [0.4, 0.5) is 0 Å². The Kier molecular flexibility index (Phi) is 4.20. The Morgan fingerprint density at radius 2 is 2.06 bits per heavy atom. The topological polar surface area (TPSA) is 49.5 Å². The maximum Gasteiger partial charge on any atom is 0.222 e. The van der Waals surface area contributed by atoms with Gasteiger partial charge in [-0.15, -0.1) is 0 Å². The molecule has 1 aromatic carbocycles. The van der Waals surface area contributed by atoms with E-state index < -0.39 is 6.10 Å². The summed E-state index contributed by atoms with van der Waals surface area (Å²) in [4.78, 5) is 13.3. The van der Waals surface area contributed by atoms with Gasteiger partial charge in [0.05, 0.1) is 13.2 Å². The summed E-state index contributed by atoms with van der Waals surface area (Å²) in [5, 5.41) is 9.99. The summed E-state index contributed by atoms with van der Waals surface area (Å²) in [6, 6.07) is 7.38. The average molecular weight is 249 g/mol. The van der Waals surface area contributed by atoms with Gasteiger partial charge in [0.1, 0.15) is 5.75 Å². The minimum absolute atomic E-state index is 0.205. The highest BCUT2D eigenvalue weighted by atomic mass is 16.5. The summed E-state index contributed by atoms with van der Waals surface area (Å²) in [6.07, 6.45) is 1.37. The lowest BCUT2D eigenvalue weighted by Gasteiger charge is -2.11. The number of aliphatic hydroxyl groups excluding tert-OH is 1. The predicted octanol–water partition coefficient (Wildman–Crippen LogP) is 1.74. The second-order valence-corrected chi connectivity index (χ2v) is 4.56. The molecule has 1 atom stereocenters. The highest BCUT2D eigenvalue weighted by Crippen LogP contribution is 2.22. The van der Waals surface area contributed by atoms with Gasteiger partial charge in [0, 0.05) is 19.5 Å². The Morgan fingerprint density at radius 1 is 1.39 bits per heavy atom. The van der Waals surface area contributed by atoms with Gasteiger partial charge in [-0.3, -0.25) is 4.79 Å². The van der Waals surface area contributed by atoms with Crippen molar-refractivity contribution >= 4 is 5.91 Å². The quantitative estimate of drug-likeness (QED) is 0.781.